The summed E-state index contributed by atoms with van der Waals surface area (Å²) in [7, 11) is 0. The lowest BCUT2D eigenvalue weighted by atomic mass is 10.1. The molecule has 1 aromatic heterocycles. The first-order valence-electron chi connectivity index (χ1n) is 4.98. The topological polar surface area (TPSA) is 56.0 Å². The summed E-state index contributed by atoms with van der Waals surface area (Å²) >= 11 is 1.41. The first kappa shape index (κ1) is 11.2. The zero-order chi connectivity index (χ0) is 10.4. The van der Waals surface area contributed by atoms with Gasteiger partial charge in [0.05, 0.1) is 0 Å². The lowest BCUT2D eigenvalue weighted by molar-refractivity contribution is 0.1000. The number of aryl methyl sites for hydroxylation is 1. The number of nitrogens with two attached hydrogens (primary N) is 1. The molecular weight excluding hydrogens is 196 g/mol. The first-order chi connectivity index (χ1) is 6.74. The Balaban J connectivity index is 2.33. The third-order valence-electron chi connectivity index (χ3n) is 2.04. The van der Waals surface area contributed by atoms with Crippen molar-refractivity contribution in [3.05, 3.63) is 16.1 Å². The van der Waals surface area contributed by atoms with Gasteiger partial charge in [0.15, 0.2) is 5.01 Å². The number of rotatable bonds is 6. The molecule has 0 radical (unpaired) electrons. The average molecular weight is 212 g/mol. The molecule has 1 rings (SSSR count). The van der Waals surface area contributed by atoms with Crippen LogP contribution in [0.15, 0.2) is 6.20 Å². The van der Waals surface area contributed by atoms with Gasteiger partial charge in [0.1, 0.15) is 0 Å². The Morgan fingerprint density at radius 1 is 1.50 bits per heavy atom. The predicted octanol–water partition coefficient (Wildman–Crippen LogP) is 2.36. The van der Waals surface area contributed by atoms with Crippen molar-refractivity contribution in [3.63, 3.8) is 0 Å². The molecule has 4 heteroatoms. The second-order valence-electron chi connectivity index (χ2n) is 3.31. The van der Waals surface area contributed by atoms with Crippen LogP contribution in [-0.2, 0) is 6.42 Å². The standard InChI is InChI=1S/C10H16N2OS/c1-2-3-4-5-6-8-7-12-10(14-8)9(11)13/h7H,2-6H2,1H3,(H2,11,13). The SMILES string of the molecule is CCCCCCc1cnc(C(N)=O)s1. The number of hydrogen-bond acceptors (Lipinski definition) is 3. The Labute approximate surface area is 88.3 Å². The molecule has 0 aromatic carbocycles. The molecule has 14 heavy (non-hydrogen) atoms. The third-order valence-corrected chi connectivity index (χ3v) is 3.11. The number of hydrogen-bond donors (Lipinski definition) is 1. The molecule has 0 bridgehead atoms. The van der Waals surface area contributed by atoms with Gasteiger partial charge in [0.2, 0.25) is 0 Å². The van der Waals surface area contributed by atoms with E-state index >= 15 is 0 Å². The van der Waals surface area contributed by atoms with E-state index in [1.807, 2.05) is 0 Å². The van der Waals surface area contributed by atoms with Gasteiger partial charge in [-0.25, -0.2) is 4.98 Å². The van der Waals surface area contributed by atoms with Gasteiger partial charge in [-0.1, -0.05) is 26.2 Å². The van der Waals surface area contributed by atoms with E-state index in [0.29, 0.717) is 5.01 Å². The second kappa shape index (κ2) is 5.75. The van der Waals surface area contributed by atoms with E-state index in [9.17, 15) is 4.79 Å². The summed E-state index contributed by atoms with van der Waals surface area (Å²) < 4.78 is 0. The summed E-state index contributed by atoms with van der Waals surface area (Å²) in [5, 5.41) is 0.426. The highest BCUT2D eigenvalue weighted by atomic mass is 32.1. The van der Waals surface area contributed by atoms with Crippen LogP contribution in [0.4, 0.5) is 0 Å². The number of thiazole rings is 1. The normalized spacial score (nSPS) is 10.4. The lowest BCUT2D eigenvalue weighted by Crippen LogP contribution is -2.09. The van der Waals surface area contributed by atoms with Crippen LogP contribution in [0.25, 0.3) is 0 Å². The van der Waals surface area contributed by atoms with Crippen molar-refractivity contribution < 1.29 is 4.79 Å². The Bertz CT molecular complexity index is 296. The highest BCUT2D eigenvalue weighted by Gasteiger charge is 2.06. The number of unbranched alkanes of at least 4 members (excludes halogenated alkanes) is 3. The summed E-state index contributed by atoms with van der Waals surface area (Å²) in [5.41, 5.74) is 5.11. The van der Waals surface area contributed by atoms with Gasteiger partial charge >= 0.3 is 0 Å². The molecule has 0 saturated carbocycles. The molecule has 1 aromatic rings. The van der Waals surface area contributed by atoms with Crippen LogP contribution in [0.3, 0.4) is 0 Å². The van der Waals surface area contributed by atoms with Gasteiger partial charge in [-0.15, -0.1) is 11.3 Å². The van der Waals surface area contributed by atoms with Gasteiger partial charge in [-0.05, 0) is 12.8 Å². The Morgan fingerprint density at radius 2 is 2.29 bits per heavy atom. The fourth-order valence-electron chi connectivity index (χ4n) is 1.26. The maximum atomic E-state index is 10.8. The quantitative estimate of drug-likeness (QED) is 0.736. The molecule has 0 unspecified atom stereocenters. The molecule has 78 valence electrons. The minimum absolute atomic E-state index is 0.421. The zero-order valence-corrected chi connectivity index (χ0v) is 9.27. The van der Waals surface area contributed by atoms with E-state index < -0.39 is 5.91 Å². The second-order valence-corrected chi connectivity index (χ2v) is 4.42. The molecule has 1 heterocycles. The molecule has 0 aliphatic heterocycles. The smallest absolute Gasteiger partial charge is 0.277 e. The van der Waals surface area contributed by atoms with Crippen molar-refractivity contribution in [2.45, 2.75) is 39.0 Å². The highest BCUT2D eigenvalue weighted by Crippen LogP contribution is 2.15. The van der Waals surface area contributed by atoms with Crippen molar-refractivity contribution >= 4 is 17.2 Å². The number of amides is 1. The molecule has 0 atom stereocenters. The van der Waals surface area contributed by atoms with E-state index in [-0.39, 0.29) is 0 Å². The monoisotopic (exact) mass is 212 g/mol. The van der Waals surface area contributed by atoms with Gasteiger partial charge < -0.3 is 5.73 Å². The van der Waals surface area contributed by atoms with Crippen molar-refractivity contribution in [3.8, 4) is 0 Å². The fraction of sp³-hybridized carbons (Fsp3) is 0.600. The molecule has 3 nitrogen and oxygen atoms in total. The number of aromatic nitrogens is 1. The van der Waals surface area contributed by atoms with Crippen molar-refractivity contribution in [1.82, 2.24) is 4.98 Å². The van der Waals surface area contributed by atoms with Gasteiger partial charge in [0.25, 0.3) is 5.91 Å². The highest BCUT2D eigenvalue weighted by molar-refractivity contribution is 7.13. The Hall–Kier alpha value is -0.900. The van der Waals surface area contributed by atoms with E-state index in [4.69, 9.17) is 5.73 Å². The van der Waals surface area contributed by atoms with E-state index in [2.05, 4.69) is 11.9 Å². The first-order valence-corrected chi connectivity index (χ1v) is 5.80. The molecule has 0 spiro atoms. The van der Waals surface area contributed by atoms with Crippen LogP contribution in [0.1, 0.15) is 47.3 Å². The predicted molar refractivity (Wildman–Crippen MR) is 58.5 cm³/mol. The van der Waals surface area contributed by atoms with Crippen LogP contribution in [0, 0.1) is 0 Å². The molecular formula is C10H16N2OS. The number of carbonyl (C=O) groups excluding carboxylic acids is 1. The number of carbonyl (C=O) groups is 1. The van der Waals surface area contributed by atoms with Crippen LogP contribution >= 0.6 is 11.3 Å². The number of primary amides is 1. The van der Waals surface area contributed by atoms with Crippen molar-refractivity contribution in [2.75, 3.05) is 0 Å². The summed E-state index contributed by atoms with van der Waals surface area (Å²) in [4.78, 5) is 15.9. The van der Waals surface area contributed by atoms with Crippen LogP contribution in [-0.4, -0.2) is 10.9 Å². The Kier molecular flexibility index (Phi) is 4.59. The third kappa shape index (κ3) is 3.46. The molecule has 0 aliphatic rings. The zero-order valence-electron chi connectivity index (χ0n) is 8.45. The van der Waals surface area contributed by atoms with Crippen LogP contribution < -0.4 is 5.73 Å². The number of nitrogens with zero attached hydrogens (tertiary/aromatic N) is 1. The fourth-order valence-corrected chi connectivity index (χ4v) is 2.07. The van der Waals surface area contributed by atoms with E-state index in [0.717, 1.165) is 11.3 Å². The Morgan fingerprint density at radius 3 is 2.86 bits per heavy atom. The van der Waals surface area contributed by atoms with Gasteiger partial charge in [-0.3, -0.25) is 4.79 Å². The summed E-state index contributed by atoms with van der Waals surface area (Å²) in [5.74, 6) is -0.421. The van der Waals surface area contributed by atoms with Crippen LogP contribution in [0.5, 0.6) is 0 Å². The molecule has 0 saturated heterocycles. The minimum Gasteiger partial charge on any atom is -0.364 e. The molecule has 0 aliphatic carbocycles. The average Bonchev–Trinajstić information content (AvgIpc) is 2.61. The van der Waals surface area contributed by atoms with Crippen molar-refractivity contribution in [1.29, 1.82) is 0 Å². The maximum absolute atomic E-state index is 10.8. The van der Waals surface area contributed by atoms with E-state index in [1.54, 1.807) is 6.20 Å². The lowest BCUT2D eigenvalue weighted by Gasteiger charge is -1.95. The van der Waals surface area contributed by atoms with Gasteiger partial charge in [-0.2, -0.15) is 0 Å². The van der Waals surface area contributed by atoms with Crippen LogP contribution in [0.2, 0.25) is 0 Å². The van der Waals surface area contributed by atoms with Gasteiger partial charge in [0, 0.05) is 11.1 Å². The minimum atomic E-state index is -0.421. The maximum Gasteiger partial charge on any atom is 0.277 e. The molecule has 1 amide bonds. The summed E-state index contributed by atoms with van der Waals surface area (Å²) in [6, 6.07) is 0. The molecule has 2 N–H and O–H groups in total. The largest absolute Gasteiger partial charge is 0.364 e. The molecule has 0 fully saturated rings. The van der Waals surface area contributed by atoms with E-state index in [1.165, 1.54) is 37.0 Å². The summed E-state index contributed by atoms with van der Waals surface area (Å²) in [6.45, 7) is 2.19. The summed E-state index contributed by atoms with van der Waals surface area (Å²) in [6.07, 6.45) is 7.73. The van der Waals surface area contributed by atoms with Crippen molar-refractivity contribution in [2.24, 2.45) is 5.73 Å².